The second kappa shape index (κ2) is 13.9. The molecule has 6 heteroatoms. The van der Waals surface area contributed by atoms with Crippen LogP contribution in [0.2, 0.25) is 0 Å². The fourth-order valence-electron chi connectivity index (χ4n) is 4.14. The molecule has 4 unspecified atom stereocenters. The average molecular weight is 405 g/mol. The molecule has 0 heterocycles. The van der Waals surface area contributed by atoms with Crippen molar-refractivity contribution in [1.82, 2.24) is 0 Å². The Morgan fingerprint density at radius 1 is 0.500 bits per heavy atom. The Hall–Kier alpha value is -0.240. The van der Waals surface area contributed by atoms with E-state index >= 15 is 0 Å². The Kier molecular flexibility index (Phi) is 13.8. The molecule has 28 heavy (non-hydrogen) atoms. The smallest absolute Gasteiger partial charge is 0.0913 e. The quantitative estimate of drug-likeness (QED) is 0.221. The summed E-state index contributed by atoms with van der Waals surface area (Å²) in [7, 11) is 0. The fourth-order valence-corrected chi connectivity index (χ4v) is 4.14. The molecular formula is C22H48N2O4. The van der Waals surface area contributed by atoms with Crippen molar-refractivity contribution in [3.63, 3.8) is 0 Å². The maximum Gasteiger partial charge on any atom is 0.0913 e. The van der Waals surface area contributed by atoms with Crippen LogP contribution in [0.5, 0.6) is 0 Å². The lowest BCUT2D eigenvalue weighted by Crippen LogP contribution is -2.83. The molecule has 170 valence electrons. The third-order valence-corrected chi connectivity index (χ3v) is 6.28. The van der Waals surface area contributed by atoms with E-state index in [4.69, 9.17) is 11.5 Å². The van der Waals surface area contributed by atoms with Crippen LogP contribution >= 0.6 is 0 Å². The lowest BCUT2D eigenvalue weighted by Gasteiger charge is -2.55. The Bertz CT molecular complexity index is 331. The summed E-state index contributed by atoms with van der Waals surface area (Å²) in [5, 5.41) is 44.3. The van der Waals surface area contributed by atoms with E-state index in [9.17, 15) is 20.4 Å². The molecule has 0 radical (unpaired) electrons. The molecular weight excluding hydrogens is 356 g/mol. The number of hydrogen-bond donors (Lipinski definition) is 6. The SMILES string of the molecule is CCCCC(O)C(N)(C(O)CCCC)C(N)(C(O)CCCC)C(O)CCCC. The van der Waals surface area contributed by atoms with Crippen molar-refractivity contribution in [3.8, 4) is 0 Å². The van der Waals surface area contributed by atoms with Crippen LogP contribution in [0.15, 0.2) is 0 Å². The zero-order valence-corrected chi connectivity index (χ0v) is 18.7. The van der Waals surface area contributed by atoms with Gasteiger partial charge in [-0.1, -0.05) is 79.1 Å². The number of aliphatic hydroxyl groups excluding tert-OH is 4. The predicted molar refractivity (Wildman–Crippen MR) is 116 cm³/mol. The van der Waals surface area contributed by atoms with Crippen molar-refractivity contribution in [2.24, 2.45) is 11.5 Å². The monoisotopic (exact) mass is 404 g/mol. The van der Waals surface area contributed by atoms with E-state index < -0.39 is 35.5 Å². The second-order valence-corrected chi connectivity index (χ2v) is 8.50. The van der Waals surface area contributed by atoms with E-state index in [1.54, 1.807) is 0 Å². The third kappa shape index (κ3) is 6.64. The van der Waals surface area contributed by atoms with Gasteiger partial charge >= 0.3 is 0 Å². The maximum atomic E-state index is 11.1. The molecule has 0 aromatic carbocycles. The maximum absolute atomic E-state index is 11.1. The van der Waals surface area contributed by atoms with Crippen LogP contribution in [0.25, 0.3) is 0 Å². The van der Waals surface area contributed by atoms with E-state index in [1.807, 2.05) is 27.7 Å². The molecule has 0 aromatic heterocycles. The summed E-state index contributed by atoms with van der Waals surface area (Å²) in [5.74, 6) is 0. The fraction of sp³-hybridized carbons (Fsp3) is 1.00. The molecule has 0 aliphatic heterocycles. The summed E-state index contributed by atoms with van der Waals surface area (Å²) in [6, 6.07) is 0. The normalized spacial score (nSPS) is 20.8. The summed E-state index contributed by atoms with van der Waals surface area (Å²) in [6.45, 7) is 8.06. The van der Waals surface area contributed by atoms with Crippen LogP contribution in [0.1, 0.15) is 105 Å². The zero-order valence-electron chi connectivity index (χ0n) is 18.7. The molecule has 6 nitrogen and oxygen atoms in total. The van der Waals surface area contributed by atoms with Gasteiger partial charge in [0, 0.05) is 0 Å². The van der Waals surface area contributed by atoms with Gasteiger partial charge in [0.15, 0.2) is 0 Å². The molecule has 0 bridgehead atoms. The Labute approximate surface area is 172 Å². The summed E-state index contributed by atoms with van der Waals surface area (Å²) in [6.07, 6.45) is 3.41. The average Bonchev–Trinajstić information content (AvgIpc) is 2.70. The molecule has 0 spiro atoms. The van der Waals surface area contributed by atoms with Crippen molar-refractivity contribution in [3.05, 3.63) is 0 Å². The van der Waals surface area contributed by atoms with Gasteiger partial charge in [0.05, 0.1) is 35.5 Å². The molecule has 0 saturated carbocycles. The highest BCUT2D eigenvalue weighted by atomic mass is 16.3. The number of nitrogens with two attached hydrogens (primary N) is 2. The van der Waals surface area contributed by atoms with Crippen LogP contribution < -0.4 is 11.5 Å². The van der Waals surface area contributed by atoms with Crippen molar-refractivity contribution in [2.75, 3.05) is 0 Å². The first-order valence-electron chi connectivity index (χ1n) is 11.5. The molecule has 4 atom stereocenters. The van der Waals surface area contributed by atoms with E-state index in [2.05, 4.69) is 0 Å². The van der Waals surface area contributed by atoms with Gasteiger partial charge in [-0.3, -0.25) is 0 Å². The Morgan fingerprint density at radius 3 is 0.821 bits per heavy atom. The van der Waals surface area contributed by atoms with Crippen molar-refractivity contribution >= 4 is 0 Å². The van der Waals surface area contributed by atoms with Crippen LogP contribution in [-0.2, 0) is 0 Å². The van der Waals surface area contributed by atoms with Crippen LogP contribution in [-0.4, -0.2) is 55.9 Å². The first kappa shape index (κ1) is 27.8. The van der Waals surface area contributed by atoms with E-state index in [-0.39, 0.29) is 0 Å². The van der Waals surface area contributed by atoms with Gasteiger partial charge in [-0.25, -0.2) is 0 Å². The summed E-state index contributed by atoms with van der Waals surface area (Å²) in [5.41, 5.74) is 10.1. The second-order valence-electron chi connectivity index (χ2n) is 8.50. The lowest BCUT2D eigenvalue weighted by molar-refractivity contribution is -0.138. The molecule has 0 aliphatic rings. The number of rotatable bonds is 17. The third-order valence-electron chi connectivity index (χ3n) is 6.28. The topological polar surface area (TPSA) is 133 Å². The van der Waals surface area contributed by atoms with Crippen molar-refractivity contribution in [1.29, 1.82) is 0 Å². The molecule has 8 N–H and O–H groups in total. The number of unbranched alkanes of at least 4 members (excludes halogenated alkanes) is 4. The highest BCUT2D eigenvalue weighted by Crippen LogP contribution is 2.38. The molecule has 0 aliphatic carbocycles. The van der Waals surface area contributed by atoms with Crippen LogP contribution in [0, 0.1) is 0 Å². The highest BCUT2D eigenvalue weighted by molar-refractivity contribution is 5.20. The van der Waals surface area contributed by atoms with Gasteiger partial charge in [-0.15, -0.1) is 0 Å². The van der Waals surface area contributed by atoms with Crippen LogP contribution in [0.4, 0.5) is 0 Å². The van der Waals surface area contributed by atoms with E-state index in [1.165, 1.54) is 0 Å². The summed E-state index contributed by atoms with van der Waals surface area (Å²) in [4.78, 5) is 0. The van der Waals surface area contributed by atoms with Crippen LogP contribution in [0.3, 0.4) is 0 Å². The lowest BCUT2D eigenvalue weighted by atomic mass is 9.61. The summed E-state index contributed by atoms with van der Waals surface area (Å²) < 4.78 is 0. The minimum absolute atomic E-state index is 0.371. The van der Waals surface area contributed by atoms with E-state index in [0.29, 0.717) is 25.7 Å². The largest absolute Gasteiger partial charge is 0.391 e. The molecule has 0 amide bonds. The summed E-state index contributed by atoms with van der Waals surface area (Å²) >= 11 is 0. The highest BCUT2D eigenvalue weighted by Gasteiger charge is 2.61. The van der Waals surface area contributed by atoms with Gasteiger partial charge in [-0.2, -0.15) is 0 Å². The zero-order chi connectivity index (χ0) is 21.8. The van der Waals surface area contributed by atoms with Gasteiger partial charge in [0.1, 0.15) is 0 Å². The number of hydrogen-bond acceptors (Lipinski definition) is 6. The van der Waals surface area contributed by atoms with Gasteiger partial charge < -0.3 is 31.9 Å². The molecule has 0 rings (SSSR count). The first-order valence-corrected chi connectivity index (χ1v) is 11.5. The van der Waals surface area contributed by atoms with E-state index in [0.717, 1.165) is 51.4 Å². The number of aliphatic hydroxyl groups is 4. The van der Waals surface area contributed by atoms with Crippen molar-refractivity contribution in [2.45, 2.75) is 140 Å². The van der Waals surface area contributed by atoms with Gasteiger partial charge in [0.2, 0.25) is 0 Å². The first-order chi connectivity index (χ1) is 13.2. The molecule has 0 saturated heterocycles. The van der Waals surface area contributed by atoms with Gasteiger partial charge in [-0.05, 0) is 25.7 Å². The molecule has 0 aromatic rings. The molecule has 0 fully saturated rings. The van der Waals surface area contributed by atoms with Crippen molar-refractivity contribution < 1.29 is 20.4 Å². The standard InChI is InChI=1S/C22H48N2O4/c1-5-9-13-17(25)21(23,18(26)14-10-6-2)22(24,19(27)15-11-7-3)20(28)16-12-8-4/h17-20,25-28H,5-16,23-24H2,1-4H3. The van der Waals surface area contributed by atoms with Gasteiger partial charge in [0.25, 0.3) is 0 Å². The minimum Gasteiger partial charge on any atom is -0.391 e. The predicted octanol–water partition coefficient (Wildman–Crippen LogP) is 2.59. The Balaban J connectivity index is 6.15. The Morgan fingerprint density at radius 2 is 0.679 bits per heavy atom. The minimum atomic E-state index is -1.70.